The van der Waals surface area contributed by atoms with Gasteiger partial charge >= 0.3 is 0 Å². The lowest BCUT2D eigenvalue weighted by molar-refractivity contribution is -0.00000233. The molecule has 0 aromatic carbocycles. The summed E-state index contributed by atoms with van der Waals surface area (Å²) >= 11 is 0. The van der Waals surface area contributed by atoms with Crippen LogP contribution in [0.5, 0.6) is 0 Å². The molecule has 0 bridgehead atoms. The first kappa shape index (κ1) is 11.2. The van der Waals surface area contributed by atoms with Crippen LogP contribution in [-0.2, 0) is 0 Å². The lowest BCUT2D eigenvalue weighted by Gasteiger charge is -2.09. The molecule has 0 atom stereocenters. The van der Waals surface area contributed by atoms with Crippen LogP contribution in [0, 0.1) is 0 Å². The molecule has 0 aliphatic heterocycles. The Morgan fingerprint density at radius 3 is 2.45 bits per heavy atom. The van der Waals surface area contributed by atoms with Crippen molar-refractivity contribution < 1.29 is 12.4 Å². The molecule has 1 N–H and O–H groups in total. The Morgan fingerprint density at radius 1 is 1.27 bits per heavy atom. The summed E-state index contributed by atoms with van der Waals surface area (Å²) in [5.41, 5.74) is 0. The van der Waals surface area contributed by atoms with Crippen molar-refractivity contribution in [3.05, 3.63) is 0 Å². The molecule has 0 aromatic rings. The van der Waals surface area contributed by atoms with E-state index in [1.165, 1.54) is 45.1 Å². The summed E-state index contributed by atoms with van der Waals surface area (Å²) in [4.78, 5) is 0. The monoisotopic (exact) mass is 176 g/mol. The second kappa shape index (κ2) is 6.93. The number of rotatable bonds is 4. The average molecular weight is 177 g/mol. The first-order valence-electron chi connectivity index (χ1n) is 4.67. The minimum atomic E-state index is 0. The smallest absolute Gasteiger partial charge is 0.00670 e. The SMILES string of the molecule is CCCCNC1CCCC1.[Cl-]. The highest BCUT2D eigenvalue weighted by Gasteiger charge is 2.12. The van der Waals surface area contributed by atoms with Gasteiger partial charge in [-0.2, -0.15) is 0 Å². The van der Waals surface area contributed by atoms with Crippen LogP contribution in [0.1, 0.15) is 45.4 Å². The quantitative estimate of drug-likeness (QED) is 0.560. The Kier molecular flexibility index (Phi) is 7.09. The van der Waals surface area contributed by atoms with Crippen LogP contribution in [0.2, 0.25) is 0 Å². The normalized spacial score (nSPS) is 18.3. The molecule has 0 amide bonds. The summed E-state index contributed by atoms with van der Waals surface area (Å²) in [6.45, 7) is 3.48. The minimum Gasteiger partial charge on any atom is -1.00 e. The largest absolute Gasteiger partial charge is 1.00 e. The van der Waals surface area contributed by atoms with Gasteiger partial charge in [0.1, 0.15) is 0 Å². The second-order valence-electron chi connectivity index (χ2n) is 3.29. The van der Waals surface area contributed by atoms with E-state index in [4.69, 9.17) is 0 Å². The van der Waals surface area contributed by atoms with Crippen LogP contribution in [-0.4, -0.2) is 12.6 Å². The molecular formula is C9H19ClN-. The second-order valence-corrected chi connectivity index (χ2v) is 3.29. The summed E-state index contributed by atoms with van der Waals surface area (Å²) in [5, 5.41) is 3.58. The maximum atomic E-state index is 3.58. The molecule has 1 rings (SSSR count). The van der Waals surface area contributed by atoms with Gasteiger partial charge in [0.2, 0.25) is 0 Å². The van der Waals surface area contributed by atoms with E-state index < -0.39 is 0 Å². The van der Waals surface area contributed by atoms with Crippen molar-refractivity contribution in [1.29, 1.82) is 0 Å². The molecule has 68 valence electrons. The fourth-order valence-corrected chi connectivity index (χ4v) is 1.61. The van der Waals surface area contributed by atoms with Gasteiger partial charge in [0, 0.05) is 6.04 Å². The molecule has 1 aliphatic carbocycles. The Morgan fingerprint density at radius 2 is 1.91 bits per heavy atom. The van der Waals surface area contributed by atoms with Crippen LogP contribution >= 0.6 is 0 Å². The van der Waals surface area contributed by atoms with Gasteiger partial charge in [-0.1, -0.05) is 26.2 Å². The number of nitrogens with one attached hydrogen (secondary N) is 1. The van der Waals surface area contributed by atoms with Crippen molar-refractivity contribution in [2.45, 2.75) is 51.5 Å². The average Bonchev–Trinajstić information content (AvgIpc) is 2.41. The molecule has 1 aliphatic rings. The fraction of sp³-hybridized carbons (Fsp3) is 1.00. The standard InChI is InChI=1S/C9H19N.ClH/c1-2-3-8-10-9-6-4-5-7-9;/h9-10H,2-8H2,1H3;1H/p-1. The third-order valence-electron chi connectivity index (χ3n) is 2.32. The van der Waals surface area contributed by atoms with Crippen LogP contribution in [0.15, 0.2) is 0 Å². The van der Waals surface area contributed by atoms with E-state index >= 15 is 0 Å². The van der Waals surface area contributed by atoms with Crippen molar-refractivity contribution in [2.75, 3.05) is 6.54 Å². The van der Waals surface area contributed by atoms with Gasteiger partial charge in [0.25, 0.3) is 0 Å². The van der Waals surface area contributed by atoms with Gasteiger partial charge in [-0.3, -0.25) is 0 Å². The van der Waals surface area contributed by atoms with Crippen molar-refractivity contribution >= 4 is 0 Å². The minimum absolute atomic E-state index is 0. The van der Waals surface area contributed by atoms with Gasteiger partial charge in [-0.15, -0.1) is 0 Å². The Bertz CT molecular complexity index is 79.6. The summed E-state index contributed by atoms with van der Waals surface area (Å²) < 4.78 is 0. The van der Waals surface area contributed by atoms with Crippen molar-refractivity contribution in [2.24, 2.45) is 0 Å². The Labute approximate surface area is 76.4 Å². The van der Waals surface area contributed by atoms with E-state index in [0.29, 0.717) is 0 Å². The summed E-state index contributed by atoms with van der Waals surface area (Å²) in [5.74, 6) is 0. The highest BCUT2D eigenvalue weighted by molar-refractivity contribution is 4.72. The van der Waals surface area contributed by atoms with Crippen LogP contribution in [0.25, 0.3) is 0 Å². The molecule has 2 heteroatoms. The molecule has 0 radical (unpaired) electrons. The summed E-state index contributed by atoms with van der Waals surface area (Å²) in [7, 11) is 0. The summed E-state index contributed by atoms with van der Waals surface area (Å²) in [6.07, 6.45) is 8.40. The van der Waals surface area contributed by atoms with Gasteiger partial charge in [0.15, 0.2) is 0 Å². The van der Waals surface area contributed by atoms with Crippen LogP contribution < -0.4 is 17.7 Å². The molecule has 11 heavy (non-hydrogen) atoms. The third-order valence-corrected chi connectivity index (χ3v) is 2.32. The number of hydrogen-bond donors (Lipinski definition) is 1. The number of halogens is 1. The molecule has 0 unspecified atom stereocenters. The van der Waals surface area contributed by atoms with Crippen LogP contribution in [0.4, 0.5) is 0 Å². The van der Waals surface area contributed by atoms with Crippen molar-refractivity contribution in [3.63, 3.8) is 0 Å². The molecule has 1 fully saturated rings. The van der Waals surface area contributed by atoms with E-state index in [-0.39, 0.29) is 12.4 Å². The lowest BCUT2D eigenvalue weighted by Crippen LogP contribution is -3.00. The number of hydrogen-bond acceptors (Lipinski definition) is 1. The lowest BCUT2D eigenvalue weighted by atomic mass is 10.2. The van der Waals surface area contributed by atoms with E-state index in [9.17, 15) is 0 Å². The zero-order valence-electron chi connectivity index (χ0n) is 7.41. The zero-order chi connectivity index (χ0) is 7.23. The maximum absolute atomic E-state index is 3.58. The van der Waals surface area contributed by atoms with E-state index in [2.05, 4.69) is 12.2 Å². The van der Waals surface area contributed by atoms with Gasteiger partial charge in [-0.05, 0) is 25.8 Å². The molecule has 1 saturated carbocycles. The van der Waals surface area contributed by atoms with Crippen molar-refractivity contribution in [3.8, 4) is 0 Å². The predicted molar refractivity (Wildman–Crippen MR) is 45.2 cm³/mol. The van der Waals surface area contributed by atoms with Crippen molar-refractivity contribution in [1.82, 2.24) is 5.32 Å². The Hall–Kier alpha value is 0.250. The summed E-state index contributed by atoms with van der Waals surface area (Å²) in [6, 6.07) is 0.867. The zero-order valence-corrected chi connectivity index (χ0v) is 8.16. The molecule has 0 spiro atoms. The Balaban J connectivity index is 0.000001000. The van der Waals surface area contributed by atoms with Gasteiger partial charge in [0.05, 0.1) is 0 Å². The molecule has 1 nitrogen and oxygen atoms in total. The third kappa shape index (κ3) is 4.65. The molecule has 0 heterocycles. The van der Waals surface area contributed by atoms with Gasteiger partial charge < -0.3 is 17.7 Å². The van der Waals surface area contributed by atoms with Crippen LogP contribution in [0.3, 0.4) is 0 Å². The number of unbranched alkanes of at least 4 members (excludes halogenated alkanes) is 1. The topological polar surface area (TPSA) is 12.0 Å². The highest BCUT2D eigenvalue weighted by atomic mass is 35.5. The fourth-order valence-electron chi connectivity index (χ4n) is 1.61. The molecular weight excluding hydrogens is 158 g/mol. The maximum Gasteiger partial charge on any atom is 0.00670 e. The first-order valence-corrected chi connectivity index (χ1v) is 4.67. The van der Waals surface area contributed by atoms with E-state index in [1.54, 1.807) is 0 Å². The molecule has 0 saturated heterocycles. The first-order chi connectivity index (χ1) is 4.93. The molecule has 0 aromatic heterocycles. The predicted octanol–water partition coefficient (Wildman–Crippen LogP) is -0.677. The van der Waals surface area contributed by atoms with E-state index in [1.807, 2.05) is 0 Å². The van der Waals surface area contributed by atoms with Gasteiger partial charge in [-0.25, -0.2) is 0 Å². The highest BCUT2D eigenvalue weighted by Crippen LogP contribution is 2.17. The van der Waals surface area contributed by atoms with E-state index in [0.717, 1.165) is 6.04 Å².